The van der Waals surface area contributed by atoms with Crippen molar-refractivity contribution in [2.24, 2.45) is 0 Å². The highest BCUT2D eigenvalue weighted by molar-refractivity contribution is 7.89. The van der Waals surface area contributed by atoms with Gasteiger partial charge in [0.1, 0.15) is 0 Å². The van der Waals surface area contributed by atoms with Crippen LogP contribution in [0.25, 0.3) is 0 Å². The van der Waals surface area contributed by atoms with E-state index in [1.807, 2.05) is 6.92 Å². The second-order valence-corrected chi connectivity index (χ2v) is 6.03. The number of carbonyl (C=O) groups is 1. The monoisotopic (exact) mass is 307 g/mol. The summed E-state index contributed by atoms with van der Waals surface area (Å²) in [5, 5.41) is 8.53. The van der Waals surface area contributed by atoms with E-state index in [0.29, 0.717) is 0 Å². The van der Waals surface area contributed by atoms with E-state index in [2.05, 4.69) is 14.7 Å². The van der Waals surface area contributed by atoms with Crippen LogP contribution in [0, 0.1) is 6.92 Å². The maximum atomic E-state index is 12.1. The molecule has 0 unspecified atom stereocenters. The van der Waals surface area contributed by atoms with Gasteiger partial charge in [-0.25, -0.2) is 22.9 Å². The molecule has 0 saturated carbocycles. The molecule has 0 bridgehead atoms. The van der Waals surface area contributed by atoms with E-state index in [9.17, 15) is 13.2 Å². The normalized spacial score (nSPS) is 11.3. The van der Waals surface area contributed by atoms with E-state index in [1.165, 1.54) is 6.07 Å². The Hall–Kier alpha value is -2.32. The van der Waals surface area contributed by atoms with Crippen LogP contribution >= 0.6 is 0 Å². The van der Waals surface area contributed by atoms with E-state index < -0.39 is 16.0 Å². The fraction of sp³-hybridized carbons (Fsp3) is 0.154. The number of rotatable bonds is 5. The van der Waals surface area contributed by atoms with Crippen LogP contribution in [-0.2, 0) is 16.6 Å². The number of nitrogens with zero attached hydrogens (tertiary/aromatic N) is 2. The second-order valence-electron chi connectivity index (χ2n) is 4.32. The topological polar surface area (TPSA) is 109 Å². The molecule has 0 fully saturated rings. The summed E-state index contributed by atoms with van der Waals surface area (Å²) in [5.74, 6) is -1.16. The zero-order valence-electron chi connectivity index (χ0n) is 11.1. The molecule has 21 heavy (non-hydrogen) atoms. The van der Waals surface area contributed by atoms with Crippen LogP contribution in [0.2, 0.25) is 0 Å². The predicted octanol–water partition coefficient (Wildman–Crippen LogP) is 0.962. The van der Waals surface area contributed by atoms with Crippen LogP contribution < -0.4 is 4.72 Å². The third-order valence-corrected chi connectivity index (χ3v) is 4.16. The van der Waals surface area contributed by atoms with Gasteiger partial charge in [0.15, 0.2) is 5.03 Å². The summed E-state index contributed by atoms with van der Waals surface area (Å²) < 4.78 is 26.5. The van der Waals surface area contributed by atoms with Crippen LogP contribution in [0.5, 0.6) is 0 Å². The highest BCUT2D eigenvalue weighted by Gasteiger charge is 2.16. The molecule has 0 aliphatic heterocycles. The van der Waals surface area contributed by atoms with Gasteiger partial charge in [-0.05, 0) is 36.2 Å². The molecule has 110 valence electrons. The summed E-state index contributed by atoms with van der Waals surface area (Å²) in [6, 6.07) is 4.07. The van der Waals surface area contributed by atoms with E-state index in [0.717, 1.165) is 23.4 Å². The zero-order chi connectivity index (χ0) is 15.5. The van der Waals surface area contributed by atoms with E-state index in [1.54, 1.807) is 18.5 Å². The van der Waals surface area contributed by atoms with Crippen molar-refractivity contribution in [1.82, 2.24) is 14.7 Å². The molecule has 0 radical (unpaired) electrons. The number of aromatic nitrogens is 2. The zero-order valence-corrected chi connectivity index (χ0v) is 12.0. The van der Waals surface area contributed by atoms with E-state index in [4.69, 9.17) is 5.11 Å². The van der Waals surface area contributed by atoms with Crippen LogP contribution in [0.3, 0.4) is 0 Å². The Kier molecular flexibility index (Phi) is 4.29. The van der Waals surface area contributed by atoms with Crippen LogP contribution in [0.4, 0.5) is 0 Å². The molecule has 0 aliphatic rings. The second kappa shape index (κ2) is 5.98. The van der Waals surface area contributed by atoms with Gasteiger partial charge in [-0.2, -0.15) is 0 Å². The van der Waals surface area contributed by atoms with Crippen LogP contribution in [0.15, 0.2) is 41.8 Å². The van der Waals surface area contributed by atoms with Crippen molar-refractivity contribution in [3.8, 4) is 0 Å². The molecule has 7 nitrogen and oxygen atoms in total. The largest absolute Gasteiger partial charge is 0.478 e. The van der Waals surface area contributed by atoms with Gasteiger partial charge in [0.25, 0.3) is 10.0 Å². The molecule has 2 rings (SSSR count). The summed E-state index contributed by atoms with van der Waals surface area (Å²) in [7, 11) is -3.79. The molecule has 2 aromatic heterocycles. The average Bonchev–Trinajstić information content (AvgIpc) is 2.46. The minimum absolute atomic E-state index is 0.0704. The number of aromatic carboxylic acids is 1. The van der Waals surface area contributed by atoms with Gasteiger partial charge in [-0.3, -0.25) is 4.98 Å². The molecule has 2 heterocycles. The predicted molar refractivity (Wildman–Crippen MR) is 74.2 cm³/mol. The molecular weight excluding hydrogens is 294 g/mol. The van der Waals surface area contributed by atoms with Gasteiger partial charge in [0.05, 0.1) is 5.56 Å². The number of carboxylic acid groups (broad SMARTS) is 1. The highest BCUT2D eigenvalue weighted by atomic mass is 32.2. The van der Waals surface area contributed by atoms with Crippen molar-refractivity contribution < 1.29 is 18.3 Å². The Balaban J connectivity index is 2.15. The van der Waals surface area contributed by atoms with E-state index in [-0.39, 0.29) is 17.1 Å². The number of aryl methyl sites for hydroxylation is 1. The quantitative estimate of drug-likeness (QED) is 0.851. The molecule has 2 aromatic rings. The summed E-state index contributed by atoms with van der Waals surface area (Å²) in [6.45, 7) is 1.94. The van der Waals surface area contributed by atoms with Crippen LogP contribution in [0.1, 0.15) is 21.5 Å². The Labute approximate surface area is 121 Å². The van der Waals surface area contributed by atoms with Crippen molar-refractivity contribution in [2.45, 2.75) is 18.5 Å². The number of hydrogen-bond acceptors (Lipinski definition) is 5. The lowest BCUT2D eigenvalue weighted by molar-refractivity contribution is 0.0696. The molecule has 0 atom stereocenters. The van der Waals surface area contributed by atoms with Crippen molar-refractivity contribution in [3.05, 3.63) is 53.5 Å². The first kappa shape index (κ1) is 15.1. The summed E-state index contributed by atoms with van der Waals surface area (Å²) in [5.41, 5.74) is 1.60. The molecule has 0 saturated heterocycles. The number of sulfonamides is 1. The molecule has 8 heteroatoms. The highest BCUT2D eigenvalue weighted by Crippen LogP contribution is 2.09. The molecule has 2 N–H and O–H groups in total. The Morgan fingerprint density at radius 3 is 2.62 bits per heavy atom. The lowest BCUT2D eigenvalue weighted by atomic mass is 10.2. The number of carboxylic acids is 1. The van der Waals surface area contributed by atoms with Crippen LogP contribution in [-0.4, -0.2) is 29.5 Å². The minimum atomic E-state index is -3.79. The third kappa shape index (κ3) is 3.61. The Morgan fingerprint density at radius 1 is 1.29 bits per heavy atom. The van der Waals surface area contributed by atoms with Gasteiger partial charge in [-0.1, -0.05) is 0 Å². The van der Waals surface area contributed by atoms with Crippen molar-refractivity contribution in [3.63, 3.8) is 0 Å². The smallest absolute Gasteiger partial charge is 0.337 e. The first-order valence-corrected chi connectivity index (χ1v) is 7.47. The fourth-order valence-corrected chi connectivity index (χ4v) is 2.55. The van der Waals surface area contributed by atoms with Gasteiger partial charge in [0.2, 0.25) is 0 Å². The van der Waals surface area contributed by atoms with Gasteiger partial charge in [0, 0.05) is 25.1 Å². The van der Waals surface area contributed by atoms with Crippen molar-refractivity contribution in [1.29, 1.82) is 0 Å². The maximum absolute atomic E-state index is 12.1. The maximum Gasteiger partial charge on any atom is 0.337 e. The van der Waals surface area contributed by atoms with Gasteiger partial charge < -0.3 is 5.11 Å². The number of hydrogen-bond donors (Lipinski definition) is 2. The number of pyridine rings is 2. The SMILES string of the molecule is Cc1cnccc1CNS(=O)(=O)c1ccc(C(=O)O)cn1. The Morgan fingerprint density at radius 2 is 2.05 bits per heavy atom. The summed E-state index contributed by atoms with van der Waals surface area (Å²) >= 11 is 0. The van der Waals surface area contributed by atoms with Crippen molar-refractivity contribution in [2.75, 3.05) is 0 Å². The third-order valence-electron chi connectivity index (χ3n) is 2.85. The molecule has 0 aromatic carbocycles. The van der Waals surface area contributed by atoms with Gasteiger partial charge in [-0.15, -0.1) is 0 Å². The summed E-state index contributed by atoms with van der Waals surface area (Å²) in [6.07, 6.45) is 4.23. The molecule has 0 amide bonds. The van der Waals surface area contributed by atoms with Crippen molar-refractivity contribution >= 4 is 16.0 Å². The minimum Gasteiger partial charge on any atom is -0.478 e. The molecular formula is C13H13N3O4S. The first-order valence-electron chi connectivity index (χ1n) is 5.98. The fourth-order valence-electron chi connectivity index (χ4n) is 1.61. The standard InChI is InChI=1S/C13H13N3O4S/c1-9-6-14-5-4-10(9)8-16-21(19,20)12-3-2-11(7-15-12)13(17)18/h2-7,16H,8H2,1H3,(H,17,18). The summed E-state index contributed by atoms with van der Waals surface area (Å²) in [4.78, 5) is 18.3. The molecule has 0 spiro atoms. The lowest BCUT2D eigenvalue weighted by Gasteiger charge is -2.08. The van der Waals surface area contributed by atoms with E-state index >= 15 is 0 Å². The average molecular weight is 307 g/mol. The first-order chi connectivity index (χ1) is 9.90. The molecule has 0 aliphatic carbocycles. The lowest BCUT2D eigenvalue weighted by Crippen LogP contribution is -2.24. The van der Waals surface area contributed by atoms with Gasteiger partial charge >= 0.3 is 5.97 Å². The number of nitrogens with one attached hydrogen (secondary N) is 1. The Bertz CT molecular complexity index is 757.